The van der Waals surface area contributed by atoms with Crippen molar-refractivity contribution in [3.63, 3.8) is 0 Å². The van der Waals surface area contributed by atoms with Gasteiger partial charge in [-0.05, 0) is 62.9 Å². The van der Waals surface area contributed by atoms with Crippen molar-refractivity contribution in [3.05, 3.63) is 92.9 Å². The molecule has 1 amide bonds. The summed E-state index contributed by atoms with van der Waals surface area (Å²) < 4.78 is 1.55. The summed E-state index contributed by atoms with van der Waals surface area (Å²) in [5.74, 6) is 0.344. The molecule has 11 heteroatoms. The van der Waals surface area contributed by atoms with Crippen LogP contribution in [0.25, 0.3) is 33.6 Å². The lowest BCUT2D eigenvalue weighted by molar-refractivity contribution is -0.127. The van der Waals surface area contributed by atoms with Crippen molar-refractivity contribution in [2.24, 2.45) is 0 Å². The van der Waals surface area contributed by atoms with Gasteiger partial charge >= 0.3 is 5.69 Å². The highest BCUT2D eigenvalue weighted by atomic mass is 35.5. The summed E-state index contributed by atoms with van der Waals surface area (Å²) in [5, 5.41) is 1.17. The molecule has 0 bridgehead atoms. The first-order valence-electron chi connectivity index (χ1n) is 15.0. The first-order valence-corrected chi connectivity index (χ1v) is 15.3. The van der Waals surface area contributed by atoms with E-state index in [2.05, 4.69) is 21.4 Å². The van der Waals surface area contributed by atoms with Crippen LogP contribution in [-0.2, 0) is 4.79 Å². The molecule has 4 radical (unpaired) electrons. The minimum Gasteiger partial charge on any atom is -0.347 e. The number of hydrogen-bond donors (Lipinski definition) is 0. The topological polar surface area (TPSA) is 84.2 Å². The van der Waals surface area contributed by atoms with Gasteiger partial charge in [-0.3, -0.25) is 9.78 Å². The van der Waals surface area contributed by atoms with Gasteiger partial charge in [0.25, 0.3) is 0 Å². The molecule has 1 aliphatic rings. The zero-order valence-electron chi connectivity index (χ0n) is 26.5. The Morgan fingerprint density at radius 3 is 2.40 bits per heavy atom. The lowest BCUT2D eigenvalue weighted by Gasteiger charge is -2.45. The third-order valence-electron chi connectivity index (χ3n) is 8.40. The van der Waals surface area contributed by atoms with Gasteiger partial charge < -0.3 is 9.80 Å². The standard InChI is InChI=1S/C34H35B2ClN6O2/c1-8-27(44)41-16-20(5)42(21(6)17-41)33-25-15-26(37)29(24-12-10-9-11-23(24)22(7)31(35)36)39-32(25)43(34(45)40-33)30-19(4)13-14-38-28(30)18(2)3/h8-15,18,20-21H,1,16-17H2,2-7H3/t20-,21-/m0/s1. The van der Waals surface area contributed by atoms with Gasteiger partial charge in [-0.2, -0.15) is 10.4 Å². The molecule has 4 aromatic rings. The molecule has 0 N–H and O–H groups in total. The lowest BCUT2D eigenvalue weighted by Crippen LogP contribution is -2.58. The van der Waals surface area contributed by atoms with Gasteiger partial charge in [-0.1, -0.05) is 61.9 Å². The smallest absolute Gasteiger partial charge is 0.347 e. The molecule has 226 valence electrons. The van der Waals surface area contributed by atoms with Crippen LogP contribution in [0.2, 0.25) is 5.02 Å². The molecule has 3 aromatic heterocycles. The second-order valence-corrected chi connectivity index (χ2v) is 12.3. The first-order chi connectivity index (χ1) is 21.3. The number of aryl methyl sites for hydroxylation is 1. The summed E-state index contributed by atoms with van der Waals surface area (Å²) >= 11 is 7.06. The number of pyridine rings is 2. The van der Waals surface area contributed by atoms with Crippen LogP contribution in [0, 0.1) is 6.92 Å². The Balaban J connectivity index is 1.87. The normalized spacial score (nSPS) is 16.7. The van der Waals surface area contributed by atoms with Gasteiger partial charge in [-0.15, -0.1) is 0 Å². The molecule has 0 aliphatic carbocycles. The molecule has 1 aromatic carbocycles. The van der Waals surface area contributed by atoms with Crippen LogP contribution < -0.4 is 10.6 Å². The van der Waals surface area contributed by atoms with E-state index in [0.29, 0.717) is 51.9 Å². The highest BCUT2D eigenvalue weighted by Crippen LogP contribution is 2.38. The number of nitrogens with zero attached hydrogens (tertiary/aromatic N) is 6. The zero-order valence-corrected chi connectivity index (χ0v) is 27.3. The van der Waals surface area contributed by atoms with Gasteiger partial charge in [0.05, 0.1) is 43.2 Å². The third-order valence-corrected chi connectivity index (χ3v) is 8.68. The number of hydrogen-bond acceptors (Lipinski definition) is 6. The second kappa shape index (κ2) is 12.7. The number of carbonyl (C=O) groups is 1. The number of aromatic nitrogens is 4. The van der Waals surface area contributed by atoms with Crippen molar-refractivity contribution in [2.75, 3.05) is 18.0 Å². The Kier molecular flexibility index (Phi) is 9.08. The summed E-state index contributed by atoms with van der Waals surface area (Å²) in [6, 6.07) is 11.0. The average Bonchev–Trinajstić information content (AvgIpc) is 3.00. The summed E-state index contributed by atoms with van der Waals surface area (Å²) in [6.07, 6.45) is 3.07. The van der Waals surface area contributed by atoms with E-state index in [-0.39, 0.29) is 29.3 Å². The van der Waals surface area contributed by atoms with Crippen LogP contribution in [0.4, 0.5) is 5.82 Å². The van der Waals surface area contributed by atoms with Crippen LogP contribution in [0.3, 0.4) is 0 Å². The van der Waals surface area contributed by atoms with Crippen molar-refractivity contribution in [1.82, 2.24) is 24.4 Å². The molecule has 0 unspecified atom stereocenters. The maximum Gasteiger partial charge on any atom is 0.355 e. The summed E-state index contributed by atoms with van der Waals surface area (Å²) in [6.45, 7) is 16.4. The van der Waals surface area contributed by atoms with Crippen molar-refractivity contribution in [3.8, 4) is 16.9 Å². The predicted octanol–water partition coefficient (Wildman–Crippen LogP) is 5.57. The number of benzene rings is 1. The number of piperazine rings is 1. The minimum absolute atomic E-state index is 0.0184. The lowest BCUT2D eigenvalue weighted by atomic mass is 9.73. The number of amides is 1. The molecule has 0 spiro atoms. The Labute approximate surface area is 271 Å². The van der Waals surface area contributed by atoms with Crippen LogP contribution >= 0.6 is 11.6 Å². The highest BCUT2D eigenvalue weighted by Gasteiger charge is 2.34. The van der Waals surface area contributed by atoms with Crippen molar-refractivity contribution in [2.45, 2.75) is 59.5 Å². The van der Waals surface area contributed by atoms with E-state index in [9.17, 15) is 9.59 Å². The number of halogens is 1. The fraction of sp³-hybridized carbons (Fsp3) is 0.324. The SMILES string of the molecule is [B]C([B])=C(C)c1ccccc1-c1nc2c(cc1Cl)c(N1[C@@H](C)CN(C(=O)C=C)C[C@@H]1C)nc(=O)n2-c1c(C)ccnc1C(C)C. The Morgan fingerprint density at radius 1 is 1.11 bits per heavy atom. The Hall–Kier alpha value is -4.17. The fourth-order valence-electron chi connectivity index (χ4n) is 6.20. The minimum atomic E-state index is -0.490. The zero-order chi connectivity index (χ0) is 32.7. The third kappa shape index (κ3) is 5.84. The number of fused-ring (bicyclic) bond motifs is 1. The molecule has 1 fully saturated rings. The first kappa shape index (κ1) is 32.2. The van der Waals surface area contributed by atoms with E-state index in [4.69, 9.17) is 32.3 Å². The van der Waals surface area contributed by atoms with Gasteiger partial charge in [-0.25, -0.2) is 14.3 Å². The number of rotatable bonds is 6. The van der Waals surface area contributed by atoms with Crippen molar-refractivity contribution in [1.29, 1.82) is 0 Å². The van der Waals surface area contributed by atoms with E-state index in [1.807, 2.05) is 77.9 Å². The molecule has 8 nitrogen and oxygen atoms in total. The molecule has 1 aliphatic heterocycles. The van der Waals surface area contributed by atoms with E-state index < -0.39 is 5.69 Å². The van der Waals surface area contributed by atoms with Gasteiger partial charge in [0, 0.05) is 36.9 Å². The van der Waals surface area contributed by atoms with Crippen LogP contribution in [0.1, 0.15) is 57.4 Å². The summed E-state index contributed by atoms with van der Waals surface area (Å²) in [7, 11) is 12.0. The molecule has 1 saturated heterocycles. The molecular formula is C34H35B2ClN6O2. The summed E-state index contributed by atoms with van der Waals surface area (Å²) in [5.41, 5.74) is 4.81. The molecular weight excluding hydrogens is 581 g/mol. The predicted molar refractivity (Wildman–Crippen MR) is 184 cm³/mol. The van der Waals surface area contributed by atoms with Crippen molar-refractivity contribution < 1.29 is 4.79 Å². The molecule has 4 heterocycles. The summed E-state index contributed by atoms with van der Waals surface area (Å²) in [4.78, 5) is 45.1. The number of anilines is 1. The van der Waals surface area contributed by atoms with E-state index in [0.717, 1.165) is 22.4 Å². The highest BCUT2D eigenvalue weighted by molar-refractivity contribution is 6.51. The fourth-order valence-corrected chi connectivity index (χ4v) is 6.45. The maximum atomic E-state index is 14.3. The maximum absolute atomic E-state index is 14.3. The van der Waals surface area contributed by atoms with Gasteiger partial charge in [0.15, 0.2) is 5.65 Å². The van der Waals surface area contributed by atoms with Gasteiger partial charge in [0.1, 0.15) is 5.82 Å². The molecule has 5 rings (SSSR count). The quantitative estimate of drug-likeness (QED) is 0.208. The van der Waals surface area contributed by atoms with E-state index >= 15 is 0 Å². The Morgan fingerprint density at radius 2 is 1.78 bits per heavy atom. The second-order valence-electron chi connectivity index (χ2n) is 11.9. The van der Waals surface area contributed by atoms with E-state index in [1.54, 1.807) is 15.7 Å². The number of allylic oxidation sites excluding steroid dienone is 1. The molecule has 2 atom stereocenters. The van der Waals surface area contributed by atoms with Crippen LogP contribution in [0.5, 0.6) is 0 Å². The average molecular weight is 617 g/mol. The van der Waals surface area contributed by atoms with Gasteiger partial charge in [0.2, 0.25) is 5.91 Å². The largest absolute Gasteiger partial charge is 0.355 e. The van der Waals surface area contributed by atoms with Crippen LogP contribution in [-0.4, -0.2) is 71.2 Å². The number of carbonyl (C=O) groups excluding carboxylic acids is 1. The van der Waals surface area contributed by atoms with E-state index in [1.165, 1.54) is 6.08 Å². The molecule has 45 heavy (non-hydrogen) atoms. The van der Waals surface area contributed by atoms with Crippen LogP contribution in [0.15, 0.2) is 65.4 Å². The van der Waals surface area contributed by atoms with Crippen molar-refractivity contribution >= 4 is 55.6 Å². The Bertz CT molecular complexity index is 1910. The molecule has 0 saturated carbocycles. The monoisotopic (exact) mass is 616 g/mol.